The minimum absolute atomic E-state index is 0.109. The lowest BCUT2D eigenvalue weighted by atomic mass is 9.73. The number of aliphatic imine (C=N–C) groups is 1. The van der Waals surface area contributed by atoms with E-state index in [1.54, 1.807) is 0 Å². The number of hydrogen-bond acceptors (Lipinski definition) is 4. The van der Waals surface area contributed by atoms with Gasteiger partial charge in [-0.25, -0.2) is 0 Å². The van der Waals surface area contributed by atoms with Gasteiger partial charge in [-0.2, -0.15) is 13.2 Å². The third-order valence-corrected chi connectivity index (χ3v) is 6.12. The van der Waals surface area contributed by atoms with Crippen LogP contribution < -0.4 is 5.32 Å². The molecule has 0 amide bonds. The highest BCUT2D eigenvalue weighted by Crippen LogP contribution is 2.43. The SMILES string of the molecule is C=C(c1ccccc1N=C(C)CN(C)C)C(C)(CC)CCCNC.CC.O=Cc1ccc(C(F)(F)F)cc1. The number of halogens is 3. The van der Waals surface area contributed by atoms with Crippen molar-refractivity contribution in [3.63, 3.8) is 0 Å². The van der Waals surface area contributed by atoms with E-state index >= 15 is 0 Å². The Balaban J connectivity index is 0.000000815. The molecule has 7 heteroatoms. The summed E-state index contributed by atoms with van der Waals surface area (Å²) in [6.45, 7) is 17.1. The Labute approximate surface area is 228 Å². The predicted octanol–water partition coefficient (Wildman–Crippen LogP) is 8.31. The topological polar surface area (TPSA) is 44.7 Å². The van der Waals surface area contributed by atoms with Crippen molar-refractivity contribution in [1.82, 2.24) is 10.2 Å². The fourth-order valence-corrected chi connectivity index (χ4v) is 3.80. The van der Waals surface area contributed by atoms with Crippen molar-refractivity contribution in [3.8, 4) is 0 Å². The maximum absolute atomic E-state index is 11.9. The summed E-state index contributed by atoms with van der Waals surface area (Å²) in [5.41, 5.74) is 4.15. The first-order valence-electron chi connectivity index (χ1n) is 13.1. The van der Waals surface area contributed by atoms with Crippen LogP contribution in [0, 0.1) is 5.41 Å². The van der Waals surface area contributed by atoms with Crippen LogP contribution in [0.25, 0.3) is 5.57 Å². The zero-order valence-electron chi connectivity index (χ0n) is 24.4. The van der Waals surface area contributed by atoms with Gasteiger partial charge in [0.2, 0.25) is 0 Å². The molecule has 2 aromatic carbocycles. The van der Waals surface area contributed by atoms with E-state index in [2.05, 4.69) is 75.9 Å². The number of alkyl halides is 3. The molecule has 1 N–H and O–H groups in total. The van der Waals surface area contributed by atoms with E-state index in [0.29, 0.717) is 6.29 Å². The number of aldehydes is 1. The summed E-state index contributed by atoms with van der Waals surface area (Å²) in [4.78, 5) is 17.1. The molecule has 0 spiro atoms. The highest BCUT2D eigenvalue weighted by atomic mass is 19.4. The van der Waals surface area contributed by atoms with Gasteiger partial charge < -0.3 is 10.2 Å². The van der Waals surface area contributed by atoms with E-state index in [0.717, 1.165) is 68.0 Å². The van der Waals surface area contributed by atoms with Crippen molar-refractivity contribution in [2.24, 2.45) is 10.4 Å². The molecule has 1 atom stereocenters. The first-order valence-corrected chi connectivity index (χ1v) is 13.1. The summed E-state index contributed by atoms with van der Waals surface area (Å²) in [6.07, 6.45) is -0.450. The van der Waals surface area contributed by atoms with Crippen molar-refractivity contribution < 1.29 is 18.0 Å². The van der Waals surface area contributed by atoms with Gasteiger partial charge in [-0.3, -0.25) is 9.79 Å². The summed E-state index contributed by atoms with van der Waals surface area (Å²) < 4.78 is 35.8. The number of rotatable bonds is 11. The number of para-hydroxylation sites is 1. The Morgan fingerprint density at radius 3 is 2.13 bits per heavy atom. The van der Waals surface area contributed by atoms with Gasteiger partial charge in [0.25, 0.3) is 0 Å². The lowest BCUT2D eigenvalue weighted by Crippen LogP contribution is -2.20. The second-order valence-electron chi connectivity index (χ2n) is 9.44. The molecule has 2 rings (SSSR count). The van der Waals surface area contributed by atoms with Crippen molar-refractivity contribution in [2.75, 3.05) is 34.2 Å². The lowest BCUT2D eigenvalue weighted by Gasteiger charge is -2.32. The average Bonchev–Trinajstić information content (AvgIpc) is 2.89. The van der Waals surface area contributed by atoms with Crippen LogP contribution in [0.3, 0.4) is 0 Å². The summed E-state index contributed by atoms with van der Waals surface area (Å²) in [5, 5.41) is 3.24. The normalized spacial score (nSPS) is 13.0. The maximum atomic E-state index is 11.9. The molecule has 0 fully saturated rings. The number of nitrogens with one attached hydrogen (secondary N) is 1. The molecule has 0 saturated carbocycles. The fraction of sp³-hybridized carbons (Fsp3) is 0.484. The molecule has 0 aromatic heterocycles. The van der Waals surface area contributed by atoms with Gasteiger partial charge in [-0.15, -0.1) is 0 Å². The molecular formula is C31H46F3N3O. The number of nitrogens with zero attached hydrogens (tertiary/aromatic N) is 2. The van der Waals surface area contributed by atoms with Gasteiger partial charge >= 0.3 is 6.18 Å². The molecule has 212 valence electrons. The molecular weight excluding hydrogens is 487 g/mol. The third kappa shape index (κ3) is 12.2. The summed E-state index contributed by atoms with van der Waals surface area (Å²) in [7, 11) is 6.15. The monoisotopic (exact) mass is 533 g/mol. The molecule has 0 radical (unpaired) electrons. The fourth-order valence-electron chi connectivity index (χ4n) is 3.80. The van der Waals surface area contributed by atoms with Crippen LogP contribution in [0.5, 0.6) is 0 Å². The van der Waals surface area contributed by atoms with Crippen LogP contribution in [-0.4, -0.2) is 51.1 Å². The molecule has 0 saturated heterocycles. The number of allylic oxidation sites excluding steroid dienone is 1. The minimum Gasteiger partial charge on any atom is -0.320 e. The Bertz CT molecular complexity index is 998. The van der Waals surface area contributed by atoms with Gasteiger partial charge in [0, 0.05) is 23.4 Å². The van der Waals surface area contributed by atoms with Crippen LogP contribution in [-0.2, 0) is 6.18 Å². The largest absolute Gasteiger partial charge is 0.416 e. The Morgan fingerprint density at radius 2 is 1.66 bits per heavy atom. The van der Waals surface area contributed by atoms with Gasteiger partial charge in [0.1, 0.15) is 6.29 Å². The quantitative estimate of drug-likeness (QED) is 0.179. The molecule has 0 aliphatic heterocycles. The van der Waals surface area contributed by atoms with E-state index in [1.165, 1.54) is 11.1 Å². The van der Waals surface area contributed by atoms with Gasteiger partial charge in [-0.1, -0.05) is 64.6 Å². The van der Waals surface area contributed by atoms with Crippen molar-refractivity contribution >= 4 is 23.3 Å². The molecule has 38 heavy (non-hydrogen) atoms. The van der Waals surface area contributed by atoms with Crippen LogP contribution in [0.15, 0.2) is 60.1 Å². The van der Waals surface area contributed by atoms with E-state index in [1.807, 2.05) is 20.9 Å². The predicted molar refractivity (Wildman–Crippen MR) is 157 cm³/mol. The Morgan fingerprint density at radius 1 is 1.08 bits per heavy atom. The Hall–Kier alpha value is -2.77. The minimum atomic E-state index is -4.33. The number of carbonyl (C=O) groups excluding carboxylic acids is 1. The Kier molecular flexibility index (Phi) is 16.4. The van der Waals surface area contributed by atoms with E-state index in [4.69, 9.17) is 4.99 Å². The van der Waals surface area contributed by atoms with Crippen LogP contribution in [0.4, 0.5) is 18.9 Å². The standard InChI is InChI=1S/C21H35N3.C8H5F3O.C2H6/c1-8-21(4,14-11-15-22-5)18(3)19-12-9-10-13-20(19)23-17(2)16-24(6)7;9-8(10,11)7-3-1-6(5-12)2-4-7;1-2/h9-10,12-13,22H,3,8,11,14-16H2,1-2,4-7H3;1-5H;1-2H3. The molecule has 2 aromatic rings. The first-order chi connectivity index (χ1) is 17.9. The highest BCUT2D eigenvalue weighted by molar-refractivity contribution is 5.88. The summed E-state index contributed by atoms with van der Waals surface area (Å²) >= 11 is 0. The highest BCUT2D eigenvalue weighted by Gasteiger charge is 2.30. The molecule has 0 aliphatic carbocycles. The van der Waals surface area contributed by atoms with Crippen LogP contribution in [0.2, 0.25) is 0 Å². The van der Waals surface area contributed by atoms with Gasteiger partial charge in [0.05, 0.1) is 11.3 Å². The summed E-state index contributed by atoms with van der Waals surface area (Å²) in [6, 6.07) is 12.4. The van der Waals surface area contributed by atoms with Crippen molar-refractivity contribution in [1.29, 1.82) is 0 Å². The summed E-state index contributed by atoms with van der Waals surface area (Å²) in [5.74, 6) is 0. The number of hydrogen-bond donors (Lipinski definition) is 1. The third-order valence-electron chi connectivity index (χ3n) is 6.12. The average molecular weight is 534 g/mol. The smallest absolute Gasteiger partial charge is 0.320 e. The zero-order chi connectivity index (χ0) is 29.4. The zero-order valence-corrected chi connectivity index (χ0v) is 24.4. The molecule has 1 unspecified atom stereocenters. The molecule has 0 heterocycles. The molecule has 0 aliphatic rings. The second kappa shape index (κ2) is 17.7. The van der Waals surface area contributed by atoms with E-state index in [9.17, 15) is 18.0 Å². The number of carbonyl (C=O) groups is 1. The van der Waals surface area contributed by atoms with Crippen LogP contribution in [0.1, 0.15) is 75.4 Å². The number of benzene rings is 2. The second-order valence-corrected chi connectivity index (χ2v) is 9.44. The maximum Gasteiger partial charge on any atom is 0.416 e. The van der Waals surface area contributed by atoms with Gasteiger partial charge in [0.15, 0.2) is 0 Å². The van der Waals surface area contributed by atoms with Gasteiger partial charge in [-0.05, 0) is 83.1 Å². The van der Waals surface area contributed by atoms with E-state index < -0.39 is 11.7 Å². The van der Waals surface area contributed by atoms with Crippen molar-refractivity contribution in [3.05, 3.63) is 71.8 Å². The molecule has 4 nitrogen and oxygen atoms in total. The lowest BCUT2D eigenvalue weighted by molar-refractivity contribution is -0.137. The van der Waals surface area contributed by atoms with E-state index in [-0.39, 0.29) is 11.0 Å². The first kappa shape index (κ1) is 35.2. The van der Waals surface area contributed by atoms with Crippen LogP contribution >= 0.6 is 0 Å². The van der Waals surface area contributed by atoms with Crippen molar-refractivity contribution in [2.45, 2.75) is 60.1 Å². The molecule has 0 bridgehead atoms.